The van der Waals surface area contributed by atoms with Gasteiger partial charge in [-0.15, -0.1) is 0 Å². The van der Waals surface area contributed by atoms with Crippen molar-refractivity contribution in [2.75, 3.05) is 0 Å². The van der Waals surface area contributed by atoms with Crippen LogP contribution in [-0.4, -0.2) is 4.98 Å². The summed E-state index contributed by atoms with van der Waals surface area (Å²) in [6.07, 6.45) is 2.76. The first-order valence-electron chi connectivity index (χ1n) is 4.97. The topological polar surface area (TPSA) is 24.9 Å². The maximum atomic E-state index is 13.7. The lowest BCUT2D eigenvalue weighted by Gasteiger charge is -2.17. The fourth-order valence-corrected chi connectivity index (χ4v) is 2.33. The molecule has 1 N–H and O–H groups in total. The summed E-state index contributed by atoms with van der Waals surface area (Å²) in [5.74, 6) is -0.348. The molecule has 2 nitrogen and oxygen atoms in total. The molecule has 0 aliphatic rings. The highest BCUT2D eigenvalue weighted by Gasteiger charge is 2.16. The van der Waals surface area contributed by atoms with Gasteiger partial charge >= 0.3 is 0 Å². The van der Waals surface area contributed by atoms with Crippen molar-refractivity contribution in [2.45, 2.75) is 6.04 Å². The molecule has 1 unspecified atom stereocenters. The van der Waals surface area contributed by atoms with Crippen LogP contribution in [0.15, 0.2) is 47.2 Å². The standard InChI is InChI=1S/C12H10BrFN2S/c13-9-3-1-2-8(6-9)12(16-17)10-4-5-15-7-11(10)14/h1-7,12,16-17H. The van der Waals surface area contributed by atoms with Crippen LogP contribution in [0.2, 0.25) is 0 Å². The van der Waals surface area contributed by atoms with E-state index in [9.17, 15) is 4.39 Å². The van der Waals surface area contributed by atoms with Crippen LogP contribution in [0.25, 0.3) is 0 Å². The number of rotatable bonds is 3. The third kappa shape index (κ3) is 2.86. The van der Waals surface area contributed by atoms with E-state index in [-0.39, 0.29) is 11.9 Å². The zero-order chi connectivity index (χ0) is 12.3. The van der Waals surface area contributed by atoms with Crippen molar-refractivity contribution >= 4 is 28.7 Å². The molecule has 0 radical (unpaired) electrons. The van der Waals surface area contributed by atoms with Crippen molar-refractivity contribution in [3.8, 4) is 0 Å². The van der Waals surface area contributed by atoms with Crippen molar-refractivity contribution in [2.24, 2.45) is 0 Å². The predicted octanol–water partition coefficient (Wildman–Crippen LogP) is 3.51. The second-order valence-electron chi connectivity index (χ2n) is 3.51. The zero-order valence-corrected chi connectivity index (χ0v) is 11.2. The molecule has 0 amide bonds. The Labute approximate surface area is 113 Å². The van der Waals surface area contributed by atoms with Gasteiger partial charge in [0.05, 0.1) is 12.2 Å². The monoisotopic (exact) mass is 312 g/mol. The number of hydrogen-bond acceptors (Lipinski definition) is 3. The predicted molar refractivity (Wildman–Crippen MR) is 72.3 cm³/mol. The number of nitrogens with one attached hydrogen (secondary N) is 1. The van der Waals surface area contributed by atoms with Crippen LogP contribution in [0.3, 0.4) is 0 Å². The third-order valence-electron chi connectivity index (χ3n) is 2.43. The van der Waals surface area contributed by atoms with E-state index >= 15 is 0 Å². The van der Waals surface area contributed by atoms with E-state index in [1.54, 1.807) is 12.3 Å². The first kappa shape index (κ1) is 12.5. The molecule has 2 aromatic rings. The summed E-state index contributed by atoms with van der Waals surface area (Å²) >= 11 is 7.46. The molecule has 0 fully saturated rings. The van der Waals surface area contributed by atoms with Crippen molar-refractivity contribution in [3.05, 3.63) is 64.1 Å². The van der Waals surface area contributed by atoms with Gasteiger partial charge in [0, 0.05) is 16.2 Å². The van der Waals surface area contributed by atoms with Crippen LogP contribution in [0.4, 0.5) is 4.39 Å². The Balaban J connectivity index is 2.44. The molecular formula is C12H10BrFN2S. The van der Waals surface area contributed by atoms with Crippen molar-refractivity contribution in [1.82, 2.24) is 9.71 Å². The van der Waals surface area contributed by atoms with E-state index in [2.05, 4.69) is 38.5 Å². The summed E-state index contributed by atoms with van der Waals surface area (Å²) < 4.78 is 17.4. The van der Waals surface area contributed by atoms with E-state index < -0.39 is 0 Å². The first-order chi connectivity index (χ1) is 8.22. The number of aromatic nitrogens is 1. The molecule has 1 aromatic carbocycles. The molecule has 2 rings (SSSR count). The highest BCUT2D eigenvalue weighted by Crippen LogP contribution is 2.26. The lowest BCUT2D eigenvalue weighted by molar-refractivity contribution is 0.588. The van der Waals surface area contributed by atoms with Crippen LogP contribution in [0, 0.1) is 5.82 Å². The second-order valence-corrected chi connectivity index (χ2v) is 4.69. The normalized spacial score (nSPS) is 12.4. The van der Waals surface area contributed by atoms with Gasteiger partial charge in [0.15, 0.2) is 0 Å². The van der Waals surface area contributed by atoms with E-state index in [0.717, 1.165) is 10.0 Å². The highest BCUT2D eigenvalue weighted by molar-refractivity contribution is 9.10. The van der Waals surface area contributed by atoms with Crippen LogP contribution in [-0.2, 0) is 0 Å². The minimum Gasteiger partial charge on any atom is -0.262 e. The summed E-state index contributed by atoms with van der Waals surface area (Å²) in [5.41, 5.74) is 1.45. The molecule has 88 valence electrons. The Bertz CT molecular complexity index is 521. The van der Waals surface area contributed by atoms with E-state index in [0.29, 0.717) is 5.56 Å². The van der Waals surface area contributed by atoms with E-state index in [1.165, 1.54) is 6.20 Å². The molecule has 0 saturated heterocycles. The van der Waals surface area contributed by atoms with Gasteiger partial charge in [-0.3, -0.25) is 9.71 Å². The Morgan fingerprint density at radius 3 is 2.82 bits per heavy atom. The quantitative estimate of drug-likeness (QED) is 0.848. The van der Waals surface area contributed by atoms with Crippen LogP contribution in [0.1, 0.15) is 17.2 Å². The largest absolute Gasteiger partial charge is 0.262 e. The first-order valence-corrected chi connectivity index (χ1v) is 6.21. The fourth-order valence-electron chi connectivity index (χ4n) is 1.63. The van der Waals surface area contributed by atoms with Crippen molar-refractivity contribution in [3.63, 3.8) is 0 Å². The summed E-state index contributed by atoms with van der Waals surface area (Å²) in [4.78, 5) is 3.74. The lowest BCUT2D eigenvalue weighted by Crippen LogP contribution is -2.14. The Hall–Kier alpha value is -0.910. The van der Waals surface area contributed by atoms with Crippen LogP contribution in [0.5, 0.6) is 0 Å². The number of nitrogens with zero attached hydrogens (tertiary/aromatic N) is 1. The van der Waals surface area contributed by atoms with E-state index in [1.807, 2.05) is 24.3 Å². The maximum Gasteiger partial charge on any atom is 0.146 e. The molecule has 0 spiro atoms. The number of hydrogen-bond donors (Lipinski definition) is 2. The molecule has 0 saturated carbocycles. The minimum atomic E-state index is -0.348. The number of thiol groups is 1. The van der Waals surface area contributed by atoms with Gasteiger partial charge in [-0.05, 0) is 23.8 Å². The third-order valence-corrected chi connectivity index (χ3v) is 3.18. The SMILES string of the molecule is Fc1cnccc1C(NS)c1cccc(Br)c1. The smallest absolute Gasteiger partial charge is 0.146 e. The Morgan fingerprint density at radius 2 is 2.18 bits per heavy atom. The molecule has 1 atom stereocenters. The van der Waals surface area contributed by atoms with Gasteiger partial charge in [-0.2, -0.15) is 0 Å². The van der Waals surface area contributed by atoms with Crippen molar-refractivity contribution < 1.29 is 4.39 Å². The second kappa shape index (κ2) is 5.62. The highest BCUT2D eigenvalue weighted by atomic mass is 79.9. The summed E-state index contributed by atoms with van der Waals surface area (Å²) in [5, 5.41) is 0. The zero-order valence-electron chi connectivity index (χ0n) is 8.77. The molecule has 0 bridgehead atoms. The lowest BCUT2D eigenvalue weighted by atomic mass is 10.0. The number of benzene rings is 1. The fraction of sp³-hybridized carbons (Fsp3) is 0.0833. The van der Waals surface area contributed by atoms with Gasteiger partial charge in [0.1, 0.15) is 5.82 Å². The molecular weight excluding hydrogens is 303 g/mol. The number of pyridine rings is 1. The molecule has 5 heteroatoms. The molecule has 1 heterocycles. The average Bonchev–Trinajstić information content (AvgIpc) is 2.33. The van der Waals surface area contributed by atoms with E-state index in [4.69, 9.17) is 0 Å². The molecule has 0 aliphatic heterocycles. The Kier molecular flexibility index (Phi) is 4.15. The Morgan fingerprint density at radius 1 is 1.35 bits per heavy atom. The maximum absolute atomic E-state index is 13.7. The molecule has 17 heavy (non-hydrogen) atoms. The van der Waals surface area contributed by atoms with Gasteiger partial charge < -0.3 is 0 Å². The van der Waals surface area contributed by atoms with Gasteiger partial charge in [-0.1, -0.05) is 40.9 Å². The van der Waals surface area contributed by atoms with Gasteiger partial charge in [0.2, 0.25) is 0 Å². The summed E-state index contributed by atoms with van der Waals surface area (Å²) in [6, 6.07) is 8.99. The summed E-state index contributed by atoms with van der Waals surface area (Å²) in [7, 11) is 0. The minimum absolute atomic E-state index is 0.307. The number of halogens is 2. The molecule has 1 aromatic heterocycles. The summed E-state index contributed by atoms with van der Waals surface area (Å²) in [6.45, 7) is 0. The van der Waals surface area contributed by atoms with Crippen molar-refractivity contribution in [1.29, 1.82) is 0 Å². The molecule has 0 aliphatic carbocycles. The van der Waals surface area contributed by atoms with Crippen LogP contribution >= 0.6 is 28.7 Å². The van der Waals surface area contributed by atoms with Gasteiger partial charge in [-0.25, -0.2) is 4.39 Å². The van der Waals surface area contributed by atoms with Gasteiger partial charge in [0.25, 0.3) is 0 Å². The van der Waals surface area contributed by atoms with Crippen LogP contribution < -0.4 is 4.72 Å². The average molecular weight is 313 g/mol.